The highest BCUT2D eigenvalue weighted by Gasteiger charge is 2.32. The Kier molecular flexibility index (Phi) is 3.88. The lowest BCUT2D eigenvalue weighted by Crippen LogP contribution is -2.46. The van der Waals surface area contributed by atoms with Crippen molar-refractivity contribution in [1.82, 2.24) is 4.90 Å². The number of benzene rings is 1. The van der Waals surface area contributed by atoms with E-state index in [2.05, 4.69) is 6.92 Å². The molecule has 102 valence electrons. The number of rotatable bonds is 1. The second-order valence-corrected chi connectivity index (χ2v) is 5.43. The third-order valence-electron chi connectivity index (χ3n) is 3.75. The van der Waals surface area contributed by atoms with Gasteiger partial charge in [-0.05, 0) is 31.2 Å². The molecule has 2 N–H and O–H groups in total. The molecule has 1 aliphatic heterocycles. The fourth-order valence-electron chi connectivity index (χ4n) is 2.65. The summed E-state index contributed by atoms with van der Waals surface area (Å²) in [5, 5.41) is 0. The Hall–Kier alpha value is -1.84. The number of nitrogens with zero attached hydrogens (tertiary/aromatic N) is 1. The van der Waals surface area contributed by atoms with Gasteiger partial charge in [-0.25, -0.2) is 0 Å². The van der Waals surface area contributed by atoms with Gasteiger partial charge in [-0.15, -0.1) is 0 Å². The van der Waals surface area contributed by atoms with Crippen molar-refractivity contribution in [2.75, 3.05) is 6.54 Å². The smallest absolute Gasteiger partial charge is 0.312 e. The first-order chi connectivity index (χ1) is 8.99. The van der Waals surface area contributed by atoms with Gasteiger partial charge in [-0.2, -0.15) is 0 Å². The van der Waals surface area contributed by atoms with Crippen LogP contribution in [0.5, 0.6) is 0 Å². The van der Waals surface area contributed by atoms with Crippen LogP contribution in [0.3, 0.4) is 0 Å². The summed E-state index contributed by atoms with van der Waals surface area (Å²) < 4.78 is 0. The summed E-state index contributed by atoms with van der Waals surface area (Å²) in [6.07, 6.45) is 1.93. The lowest BCUT2D eigenvalue weighted by molar-refractivity contribution is -0.147. The fraction of sp³-hybridized carbons (Fsp3) is 0.467. The van der Waals surface area contributed by atoms with Crippen LogP contribution in [0.2, 0.25) is 0 Å². The highest BCUT2D eigenvalue weighted by molar-refractivity contribution is 6.34. The number of amides is 2. The molecule has 1 aliphatic rings. The molecule has 2 atom stereocenters. The molecule has 19 heavy (non-hydrogen) atoms. The topological polar surface area (TPSA) is 63.4 Å². The first-order valence-electron chi connectivity index (χ1n) is 6.66. The van der Waals surface area contributed by atoms with Crippen LogP contribution >= 0.6 is 0 Å². The van der Waals surface area contributed by atoms with Crippen LogP contribution in [-0.4, -0.2) is 23.3 Å². The zero-order valence-corrected chi connectivity index (χ0v) is 11.4. The molecule has 0 radical (unpaired) electrons. The Balaban J connectivity index is 2.27. The Labute approximate surface area is 113 Å². The van der Waals surface area contributed by atoms with Gasteiger partial charge in [-0.1, -0.05) is 36.8 Å². The molecular formula is C15H20N2O2. The van der Waals surface area contributed by atoms with E-state index in [-0.39, 0.29) is 6.04 Å². The van der Waals surface area contributed by atoms with Crippen molar-refractivity contribution in [1.29, 1.82) is 0 Å². The summed E-state index contributed by atoms with van der Waals surface area (Å²) in [5.74, 6) is -1.03. The molecule has 0 bridgehead atoms. The van der Waals surface area contributed by atoms with Gasteiger partial charge < -0.3 is 10.6 Å². The zero-order chi connectivity index (χ0) is 14.0. The third-order valence-corrected chi connectivity index (χ3v) is 3.75. The number of aryl methyl sites for hydroxylation is 1. The van der Waals surface area contributed by atoms with Gasteiger partial charge in [0.25, 0.3) is 0 Å². The van der Waals surface area contributed by atoms with E-state index in [1.807, 2.05) is 31.2 Å². The Morgan fingerprint density at radius 2 is 1.84 bits per heavy atom. The summed E-state index contributed by atoms with van der Waals surface area (Å²) in [6, 6.07) is 8.08. The zero-order valence-electron chi connectivity index (χ0n) is 11.4. The van der Waals surface area contributed by atoms with Gasteiger partial charge in [0.1, 0.15) is 0 Å². The van der Waals surface area contributed by atoms with E-state index >= 15 is 0 Å². The summed E-state index contributed by atoms with van der Waals surface area (Å²) in [6.45, 7) is 4.71. The minimum atomic E-state index is -0.869. The average molecular weight is 260 g/mol. The van der Waals surface area contributed by atoms with Gasteiger partial charge in [0.15, 0.2) is 0 Å². The SMILES string of the molecule is Cc1ccc([C@H]2CC[C@H](C)CN2C(=O)C(N)=O)cc1. The Morgan fingerprint density at radius 1 is 1.21 bits per heavy atom. The van der Waals surface area contributed by atoms with Gasteiger partial charge in [0.05, 0.1) is 6.04 Å². The molecule has 1 heterocycles. The number of nitrogens with two attached hydrogens (primary N) is 1. The second kappa shape index (κ2) is 5.43. The number of hydrogen-bond acceptors (Lipinski definition) is 2. The molecule has 0 spiro atoms. The van der Waals surface area contributed by atoms with Crippen molar-refractivity contribution in [3.05, 3.63) is 35.4 Å². The van der Waals surface area contributed by atoms with Crippen LogP contribution in [0.4, 0.5) is 0 Å². The van der Waals surface area contributed by atoms with Crippen molar-refractivity contribution in [3.63, 3.8) is 0 Å². The molecule has 1 fully saturated rings. The predicted molar refractivity (Wildman–Crippen MR) is 73.2 cm³/mol. The van der Waals surface area contributed by atoms with E-state index < -0.39 is 11.8 Å². The van der Waals surface area contributed by atoms with Gasteiger partial charge in [-0.3, -0.25) is 9.59 Å². The van der Waals surface area contributed by atoms with Crippen LogP contribution in [0, 0.1) is 12.8 Å². The maximum Gasteiger partial charge on any atom is 0.312 e. The maximum absolute atomic E-state index is 11.9. The molecule has 1 aromatic carbocycles. The largest absolute Gasteiger partial charge is 0.361 e. The second-order valence-electron chi connectivity index (χ2n) is 5.43. The molecule has 1 saturated heterocycles. The molecule has 4 nitrogen and oxygen atoms in total. The maximum atomic E-state index is 11.9. The molecule has 0 aliphatic carbocycles. The van der Waals surface area contributed by atoms with E-state index in [0.29, 0.717) is 12.5 Å². The normalized spacial score (nSPS) is 23.2. The van der Waals surface area contributed by atoms with Crippen molar-refractivity contribution in [2.24, 2.45) is 11.7 Å². The third kappa shape index (κ3) is 2.95. The molecule has 2 amide bonds. The monoisotopic (exact) mass is 260 g/mol. The molecule has 0 aromatic heterocycles. The van der Waals surface area contributed by atoms with Crippen LogP contribution in [0.15, 0.2) is 24.3 Å². The molecule has 2 rings (SSSR count). The van der Waals surface area contributed by atoms with Crippen LogP contribution in [0.25, 0.3) is 0 Å². The standard InChI is InChI=1S/C15H20N2O2/c1-10-3-6-12(7-4-10)13-8-5-11(2)9-17(13)15(19)14(16)18/h3-4,6-7,11,13H,5,8-9H2,1-2H3,(H2,16,18)/t11-,13+/m0/s1. The Morgan fingerprint density at radius 3 is 2.42 bits per heavy atom. The summed E-state index contributed by atoms with van der Waals surface area (Å²) >= 11 is 0. The molecule has 0 saturated carbocycles. The lowest BCUT2D eigenvalue weighted by Gasteiger charge is -2.38. The van der Waals surface area contributed by atoms with E-state index in [1.165, 1.54) is 5.56 Å². The van der Waals surface area contributed by atoms with E-state index in [1.54, 1.807) is 4.90 Å². The van der Waals surface area contributed by atoms with Crippen LogP contribution in [0.1, 0.15) is 36.9 Å². The van der Waals surface area contributed by atoms with Crippen molar-refractivity contribution in [3.8, 4) is 0 Å². The number of primary amides is 1. The van der Waals surface area contributed by atoms with Crippen molar-refractivity contribution < 1.29 is 9.59 Å². The molecule has 4 heteroatoms. The summed E-state index contributed by atoms with van der Waals surface area (Å²) in [5.41, 5.74) is 7.40. The number of carbonyl (C=O) groups excluding carboxylic acids is 2. The number of carbonyl (C=O) groups is 2. The van der Waals surface area contributed by atoms with E-state index in [4.69, 9.17) is 5.73 Å². The molecule has 0 unspecified atom stereocenters. The first kappa shape index (κ1) is 13.6. The number of hydrogen-bond donors (Lipinski definition) is 1. The molecular weight excluding hydrogens is 240 g/mol. The predicted octanol–water partition coefficient (Wildman–Crippen LogP) is 1.78. The quantitative estimate of drug-likeness (QED) is 0.782. The van der Waals surface area contributed by atoms with Crippen LogP contribution < -0.4 is 5.73 Å². The summed E-state index contributed by atoms with van der Waals surface area (Å²) in [7, 11) is 0. The van der Waals surface area contributed by atoms with Crippen molar-refractivity contribution in [2.45, 2.75) is 32.7 Å². The van der Waals surface area contributed by atoms with Crippen molar-refractivity contribution >= 4 is 11.8 Å². The fourth-order valence-corrected chi connectivity index (χ4v) is 2.65. The van der Waals surface area contributed by atoms with Gasteiger partial charge >= 0.3 is 11.8 Å². The Bertz CT molecular complexity index is 481. The van der Waals surface area contributed by atoms with E-state index in [0.717, 1.165) is 18.4 Å². The number of piperidine rings is 1. The van der Waals surface area contributed by atoms with Gasteiger partial charge in [0, 0.05) is 6.54 Å². The molecule has 1 aromatic rings. The lowest BCUT2D eigenvalue weighted by atomic mass is 9.89. The number of likely N-dealkylation sites (tertiary alicyclic amines) is 1. The average Bonchev–Trinajstić information content (AvgIpc) is 2.39. The summed E-state index contributed by atoms with van der Waals surface area (Å²) in [4.78, 5) is 24.7. The van der Waals surface area contributed by atoms with Crippen LogP contribution in [-0.2, 0) is 9.59 Å². The first-order valence-corrected chi connectivity index (χ1v) is 6.66. The minimum Gasteiger partial charge on any atom is -0.361 e. The highest BCUT2D eigenvalue weighted by atomic mass is 16.2. The van der Waals surface area contributed by atoms with Gasteiger partial charge in [0.2, 0.25) is 0 Å². The minimum absolute atomic E-state index is 0.0307. The highest BCUT2D eigenvalue weighted by Crippen LogP contribution is 2.33. The van der Waals surface area contributed by atoms with E-state index in [9.17, 15) is 9.59 Å².